The van der Waals surface area contributed by atoms with Crippen molar-refractivity contribution in [2.24, 2.45) is 16.1 Å². The molecular formula is C20H23N3O4. The SMILES string of the molecule is COc1ccc([C@H]2C3(C=CC(=O)C=C3)C[C@@]3(O)N(C)C(N)=N[C@@]23OC)cc1. The van der Waals surface area contributed by atoms with Gasteiger partial charge in [0.2, 0.25) is 5.72 Å². The number of guanidine groups is 1. The van der Waals surface area contributed by atoms with Crippen molar-refractivity contribution in [2.45, 2.75) is 23.8 Å². The minimum atomic E-state index is -1.45. The van der Waals surface area contributed by atoms with Crippen molar-refractivity contribution >= 4 is 11.7 Å². The maximum Gasteiger partial charge on any atom is 0.218 e. The first-order valence-electron chi connectivity index (χ1n) is 8.75. The van der Waals surface area contributed by atoms with Crippen LogP contribution in [0, 0.1) is 5.41 Å². The Morgan fingerprint density at radius 3 is 2.41 bits per heavy atom. The number of aliphatic hydroxyl groups is 1. The van der Waals surface area contributed by atoms with Gasteiger partial charge in [0, 0.05) is 26.0 Å². The van der Waals surface area contributed by atoms with E-state index < -0.39 is 22.8 Å². The van der Waals surface area contributed by atoms with E-state index in [1.54, 1.807) is 19.1 Å². The lowest BCUT2D eigenvalue weighted by atomic mass is 9.70. The first-order valence-corrected chi connectivity index (χ1v) is 8.75. The second kappa shape index (κ2) is 5.68. The van der Waals surface area contributed by atoms with Crippen LogP contribution in [0.5, 0.6) is 5.75 Å². The molecule has 0 aromatic heterocycles. The summed E-state index contributed by atoms with van der Waals surface area (Å²) in [7, 11) is 4.83. The van der Waals surface area contributed by atoms with Crippen molar-refractivity contribution in [2.75, 3.05) is 21.3 Å². The van der Waals surface area contributed by atoms with Gasteiger partial charge in [0.15, 0.2) is 17.5 Å². The molecule has 0 saturated heterocycles. The number of ether oxygens (including phenoxy) is 2. The number of carbonyl (C=O) groups is 1. The van der Waals surface area contributed by atoms with Gasteiger partial charge in [-0.1, -0.05) is 24.3 Å². The van der Waals surface area contributed by atoms with Crippen molar-refractivity contribution in [3.05, 3.63) is 54.1 Å². The molecule has 0 amide bonds. The van der Waals surface area contributed by atoms with E-state index in [9.17, 15) is 9.90 Å². The molecule has 1 saturated carbocycles. The molecule has 2 aliphatic carbocycles. The molecule has 7 nitrogen and oxygen atoms in total. The monoisotopic (exact) mass is 369 g/mol. The van der Waals surface area contributed by atoms with Crippen LogP contribution < -0.4 is 10.5 Å². The molecule has 27 heavy (non-hydrogen) atoms. The molecule has 3 atom stereocenters. The number of hydrogen-bond acceptors (Lipinski definition) is 7. The van der Waals surface area contributed by atoms with E-state index in [1.807, 2.05) is 36.4 Å². The molecular weight excluding hydrogens is 346 g/mol. The van der Waals surface area contributed by atoms with Gasteiger partial charge in [0.25, 0.3) is 0 Å². The highest BCUT2D eigenvalue weighted by Crippen LogP contribution is 2.65. The number of benzene rings is 1. The van der Waals surface area contributed by atoms with Crippen molar-refractivity contribution in [3.63, 3.8) is 0 Å². The molecule has 142 valence electrons. The average Bonchev–Trinajstić information content (AvgIpc) is 3.00. The summed E-state index contributed by atoms with van der Waals surface area (Å²) in [6.07, 6.45) is 7.06. The maximum atomic E-state index is 11.8. The lowest BCUT2D eigenvalue weighted by Crippen LogP contribution is -2.58. The summed E-state index contributed by atoms with van der Waals surface area (Å²) >= 11 is 0. The Morgan fingerprint density at radius 1 is 1.22 bits per heavy atom. The van der Waals surface area contributed by atoms with Crippen molar-refractivity contribution < 1.29 is 19.4 Å². The maximum absolute atomic E-state index is 11.8. The second-order valence-electron chi connectivity index (χ2n) is 7.31. The molecule has 3 N–H and O–H groups in total. The molecule has 0 bridgehead atoms. The minimum Gasteiger partial charge on any atom is -0.497 e. The van der Waals surface area contributed by atoms with Gasteiger partial charge < -0.3 is 25.2 Å². The minimum absolute atomic E-state index is 0.0824. The Bertz CT molecular complexity index is 860. The Hall–Kier alpha value is -2.64. The summed E-state index contributed by atoms with van der Waals surface area (Å²) < 4.78 is 11.2. The van der Waals surface area contributed by atoms with Crippen LogP contribution in [-0.2, 0) is 9.53 Å². The third kappa shape index (κ3) is 2.15. The normalized spacial score (nSPS) is 33.5. The molecule has 7 heteroatoms. The topological polar surface area (TPSA) is 97.4 Å². The summed E-state index contributed by atoms with van der Waals surface area (Å²) in [6.45, 7) is 0. The van der Waals surface area contributed by atoms with Gasteiger partial charge in [-0.05, 0) is 29.8 Å². The molecule has 1 aromatic carbocycles. The Morgan fingerprint density at radius 2 is 1.85 bits per heavy atom. The summed E-state index contributed by atoms with van der Waals surface area (Å²) in [4.78, 5) is 17.9. The van der Waals surface area contributed by atoms with Crippen LogP contribution in [0.25, 0.3) is 0 Å². The number of carbonyl (C=O) groups excluding carboxylic acids is 1. The van der Waals surface area contributed by atoms with Gasteiger partial charge in [0.05, 0.1) is 13.0 Å². The molecule has 3 aliphatic rings. The molecule has 4 rings (SSSR count). The molecule has 0 radical (unpaired) electrons. The number of aliphatic imine (C=N–C) groups is 1. The van der Waals surface area contributed by atoms with Crippen molar-refractivity contribution in [3.8, 4) is 5.75 Å². The van der Waals surface area contributed by atoms with Gasteiger partial charge >= 0.3 is 0 Å². The largest absolute Gasteiger partial charge is 0.497 e. The van der Waals surface area contributed by atoms with E-state index in [-0.39, 0.29) is 18.2 Å². The van der Waals surface area contributed by atoms with Crippen LogP contribution in [0.3, 0.4) is 0 Å². The van der Waals surface area contributed by atoms with Crippen LogP contribution in [0.15, 0.2) is 53.6 Å². The van der Waals surface area contributed by atoms with E-state index in [0.717, 1.165) is 11.3 Å². The lowest BCUT2D eigenvalue weighted by Gasteiger charge is -2.40. The number of hydrogen-bond donors (Lipinski definition) is 2. The Balaban J connectivity index is 1.95. The van der Waals surface area contributed by atoms with Gasteiger partial charge in [-0.3, -0.25) is 4.79 Å². The van der Waals surface area contributed by atoms with Crippen LogP contribution in [0.2, 0.25) is 0 Å². The fourth-order valence-electron chi connectivity index (χ4n) is 4.75. The number of rotatable bonds is 3. The quantitative estimate of drug-likeness (QED) is 0.830. The molecule has 1 aliphatic heterocycles. The molecule has 1 spiro atoms. The summed E-state index contributed by atoms with van der Waals surface area (Å²) in [6, 6.07) is 7.58. The number of fused-ring (bicyclic) bond motifs is 1. The van der Waals surface area contributed by atoms with E-state index in [4.69, 9.17) is 15.2 Å². The second-order valence-corrected chi connectivity index (χ2v) is 7.31. The van der Waals surface area contributed by atoms with Crippen LogP contribution in [-0.4, -0.2) is 54.5 Å². The highest BCUT2D eigenvalue weighted by molar-refractivity contribution is 6.00. The van der Waals surface area contributed by atoms with Crippen molar-refractivity contribution in [1.29, 1.82) is 0 Å². The highest BCUT2D eigenvalue weighted by atomic mass is 16.5. The average molecular weight is 369 g/mol. The van der Waals surface area contributed by atoms with E-state index in [0.29, 0.717) is 0 Å². The van der Waals surface area contributed by atoms with Crippen LogP contribution in [0.1, 0.15) is 17.9 Å². The third-order valence-electron chi connectivity index (χ3n) is 6.11. The number of allylic oxidation sites excluding steroid dienone is 4. The standard InChI is InChI=1S/C20H23N3O4/c1-23-17(21)22-20(27-3)16(13-4-6-15(26-2)7-5-13)18(12-19(20,23)25)10-8-14(24)9-11-18/h4-11,16,25H,12H2,1-3H3,(H2,21,22)/t16-,19-,20+/m0/s1. The number of methoxy groups -OCH3 is 2. The van der Waals surface area contributed by atoms with Crippen molar-refractivity contribution in [1.82, 2.24) is 4.90 Å². The van der Waals surface area contributed by atoms with Gasteiger partial charge in [0.1, 0.15) is 5.75 Å². The van der Waals surface area contributed by atoms with E-state index >= 15 is 0 Å². The van der Waals surface area contributed by atoms with E-state index in [1.165, 1.54) is 19.3 Å². The number of nitrogens with zero attached hydrogens (tertiary/aromatic N) is 2. The zero-order valence-electron chi connectivity index (χ0n) is 15.5. The van der Waals surface area contributed by atoms with Crippen LogP contribution >= 0.6 is 0 Å². The first-order chi connectivity index (χ1) is 12.8. The van der Waals surface area contributed by atoms with Gasteiger partial charge in [-0.2, -0.15) is 0 Å². The Kier molecular flexibility index (Phi) is 3.73. The smallest absolute Gasteiger partial charge is 0.218 e. The lowest BCUT2D eigenvalue weighted by molar-refractivity contribution is -0.188. The summed E-state index contributed by atoms with van der Waals surface area (Å²) in [5.74, 6) is 0.465. The zero-order valence-corrected chi connectivity index (χ0v) is 15.5. The fraction of sp³-hybridized carbons (Fsp3) is 0.400. The number of nitrogens with two attached hydrogens (primary N) is 1. The zero-order chi connectivity index (χ0) is 19.4. The molecule has 1 heterocycles. The number of ketones is 1. The van der Waals surface area contributed by atoms with Crippen LogP contribution in [0.4, 0.5) is 0 Å². The first kappa shape index (κ1) is 17.8. The van der Waals surface area contributed by atoms with Gasteiger partial charge in [-0.25, -0.2) is 4.99 Å². The van der Waals surface area contributed by atoms with E-state index in [2.05, 4.69) is 4.99 Å². The number of likely N-dealkylation sites (N-methyl/N-ethyl adjacent to an activating group) is 1. The molecule has 1 aromatic rings. The predicted octanol–water partition coefficient (Wildman–Crippen LogP) is 1.16. The third-order valence-corrected chi connectivity index (χ3v) is 6.11. The fourth-order valence-corrected chi connectivity index (χ4v) is 4.75. The van der Waals surface area contributed by atoms with Gasteiger partial charge in [-0.15, -0.1) is 0 Å². The Labute approximate surface area is 157 Å². The summed E-state index contributed by atoms with van der Waals surface area (Å²) in [5.41, 5.74) is 3.56. The molecule has 1 fully saturated rings. The highest BCUT2D eigenvalue weighted by Gasteiger charge is 2.74. The predicted molar refractivity (Wildman–Crippen MR) is 100 cm³/mol. The summed E-state index contributed by atoms with van der Waals surface area (Å²) in [5, 5.41) is 11.7. The molecule has 0 unspecified atom stereocenters.